The van der Waals surface area contributed by atoms with Crippen LogP contribution in [0.15, 0.2) is 27.4 Å². The fraction of sp³-hybridized carbons (Fsp3) is 0. The highest BCUT2D eigenvalue weighted by molar-refractivity contribution is 5.97. The van der Waals surface area contributed by atoms with Gasteiger partial charge in [0.25, 0.3) is 0 Å². The molecule has 5 N–H and O–H groups in total. The van der Waals surface area contributed by atoms with E-state index in [1.54, 1.807) is 0 Å². The standard InChI is InChI=1S/C13H8O7/c14-5-2-1-4-9(16)8-7(20-13(4)11(5)18)3-6(15)10(17)12(8)19/h1-3,14-15,17-19H. The van der Waals surface area contributed by atoms with Crippen LogP contribution >= 0.6 is 0 Å². The Hall–Kier alpha value is -3.09. The van der Waals surface area contributed by atoms with Crippen LogP contribution in [0.25, 0.3) is 21.9 Å². The summed E-state index contributed by atoms with van der Waals surface area (Å²) in [7, 11) is 0. The maximum atomic E-state index is 12.2. The van der Waals surface area contributed by atoms with E-state index in [1.807, 2.05) is 0 Å². The highest BCUT2D eigenvalue weighted by atomic mass is 16.4. The van der Waals surface area contributed by atoms with Crippen molar-refractivity contribution in [2.24, 2.45) is 0 Å². The largest absolute Gasteiger partial charge is 0.504 e. The molecule has 0 radical (unpaired) electrons. The van der Waals surface area contributed by atoms with Gasteiger partial charge in [-0.05, 0) is 12.1 Å². The second kappa shape index (κ2) is 3.70. The summed E-state index contributed by atoms with van der Waals surface area (Å²) in [5.41, 5.74) is -1.24. The molecule has 1 aromatic heterocycles. The van der Waals surface area contributed by atoms with Crippen LogP contribution in [0.5, 0.6) is 28.7 Å². The minimum Gasteiger partial charge on any atom is -0.504 e. The van der Waals surface area contributed by atoms with Gasteiger partial charge in [0.15, 0.2) is 22.8 Å². The van der Waals surface area contributed by atoms with Gasteiger partial charge in [-0.3, -0.25) is 4.79 Å². The van der Waals surface area contributed by atoms with Crippen LogP contribution in [0.1, 0.15) is 0 Å². The summed E-state index contributed by atoms with van der Waals surface area (Å²) in [5.74, 6) is -3.45. The third-order valence-corrected chi connectivity index (χ3v) is 3.01. The first-order chi connectivity index (χ1) is 9.41. The van der Waals surface area contributed by atoms with E-state index in [0.717, 1.165) is 12.1 Å². The molecule has 0 aliphatic heterocycles. The molecule has 3 rings (SSSR count). The van der Waals surface area contributed by atoms with Gasteiger partial charge in [0.05, 0.1) is 5.39 Å². The smallest absolute Gasteiger partial charge is 0.204 e. The molecule has 7 nitrogen and oxygen atoms in total. The number of aromatic hydroxyl groups is 5. The fourth-order valence-electron chi connectivity index (χ4n) is 2.01. The van der Waals surface area contributed by atoms with E-state index in [2.05, 4.69) is 0 Å². The number of fused-ring (bicyclic) bond motifs is 2. The highest BCUT2D eigenvalue weighted by Gasteiger charge is 2.20. The number of rotatable bonds is 0. The third kappa shape index (κ3) is 1.37. The molecular weight excluding hydrogens is 268 g/mol. The van der Waals surface area contributed by atoms with E-state index in [1.165, 1.54) is 6.07 Å². The van der Waals surface area contributed by atoms with Crippen molar-refractivity contribution in [1.29, 1.82) is 0 Å². The first-order valence-corrected chi connectivity index (χ1v) is 5.47. The molecule has 0 bridgehead atoms. The van der Waals surface area contributed by atoms with E-state index in [9.17, 15) is 30.3 Å². The molecule has 0 spiro atoms. The zero-order valence-corrected chi connectivity index (χ0v) is 9.78. The predicted octanol–water partition coefficient (Wildman–Crippen LogP) is 1.47. The normalized spacial score (nSPS) is 11.2. The zero-order chi connectivity index (χ0) is 14.6. The minimum atomic E-state index is -0.841. The summed E-state index contributed by atoms with van der Waals surface area (Å²) in [6, 6.07) is 3.23. The summed E-state index contributed by atoms with van der Waals surface area (Å²) < 4.78 is 5.21. The van der Waals surface area contributed by atoms with Gasteiger partial charge in [0.2, 0.25) is 16.9 Å². The molecule has 20 heavy (non-hydrogen) atoms. The lowest BCUT2D eigenvalue weighted by Gasteiger charge is -2.07. The summed E-state index contributed by atoms with van der Waals surface area (Å²) in [6.45, 7) is 0. The van der Waals surface area contributed by atoms with Crippen molar-refractivity contribution in [2.45, 2.75) is 0 Å². The van der Waals surface area contributed by atoms with Crippen LogP contribution in [0, 0.1) is 0 Å². The number of phenols is 5. The van der Waals surface area contributed by atoms with Gasteiger partial charge in [-0.15, -0.1) is 0 Å². The number of phenolic OH excluding ortho intramolecular Hbond substituents is 5. The van der Waals surface area contributed by atoms with Crippen molar-refractivity contribution in [3.8, 4) is 28.7 Å². The van der Waals surface area contributed by atoms with Gasteiger partial charge in [0.1, 0.15) is 11.0 Å². The van der Waals surface area contributed by atoms with Crippen molar-refractivity contribution < 1.29 is 29.9 Å². The topological polar surface area (TPSA) is 131 Å². The van der Waals surface area contributed by atoms with Crippen LogP contribution in [-0.4, -0.2) is 25.5 Å². The number of benzene rings is 2. The average molecular weight is 276 g/mol. The first-order valence-electron chi connectivity index (χ1n) is 5.47. The Bertz CT molecular complexity index is 924. The lowest BCUT2D eigenvalue weighted by atomic mass is 10.1. The second-order valence-corrected chi connectivity index (χ2v) is 4.21. The van der Waals surface area contributed by atoms with Crippen molar-refractivity contribution in [3.05, 3.63) is 28.4 Å². The SMILES string of the molecule is O=c1c2ccc(O)c(O)c2oc2cc(O)c(O)c(O)c12. The number of hydrogen-bond donors (Lipinski definition) is 5. The van der Waals surface area contributed by atoms with E-state index in [0.29, 0.717) is 0 Å². The summed E-state index contributed by atoms with van der Waals surface area (Å²) in [5, 5.41) is 47.2. The summed E-state index contributed by atoms with van der Waals surface area (Å²) >= 11 is 0. The Kier molecular flexibility index (Phi) is 2.22. The Morgan fingerprint density at radius 3 is 2.25 bits per heavy atom. The molecule has 0 atom stereocenters. The van der Waals surface area contributed by atoms with Gasteiger partial charge in [-0.1, -0.05) is 0 Å². The van der Waals surface area contributed by atoms with Gasteiger partial charge in [-0.25, -0.2) is 0 Å². The molecule has 0 amide bonds. The Balaban J connectivity index is 2.65. The molecule has 0 aliphatic rings. The molecule has 3 aromatic rings. The summed E-state index contributed by atoms with van der Waals surface area (Å²) in [6.07, 6.45) is 0. The minimum absolute atomic E-state index is 0.0896. The molecule has 0 saturated heterocycles. The molecule has 0 saturated carbocycles. The second-order valence-electron chi connectivity index (χ2n) is 4.21. The quantitative estimate of drug-likeness (QED) is 0.310. The monoisotopic (exact) mass is 276 g/mol. The molecule has 7 heteroatoms. The Morgan fingerprint density at radius 2 is 1.55 bits per heavy atom. The molecule has 0 fully saturated rings. The van der Waals surface area contributed by atoms with E-state index < -0.39 is 34.2 Å². The van der Waals surface area contributed by atoms with Crippen molar-refractivity contribution in [1.82, 2.24) is 0 Å². The Labute approximate surface area is 110 Å². The zero-order valence-electron chi connectivity index (χ0n) is 9.78. The van der Waals surface area contributed by atoms with Gasteiger partial charge in [-0.2, -0.15) is 0 Å². The van der Waals surface area contributed by atoms with Crippen LogP contribution in [0.4, 0.5) is 0 Å². The molecule has 2 aromatic carbocycles. The average Bonchev–Trinajstić information content (AvgIpc) is 2.41. The summed E-state index contributed by atoms with van der Waals surface area (Å²) in [4.78, 5) is 12.2. The maximum Gasteiger partial charge on any atom is 0.204 e. The maximum absolute atomic E-state index is 12.2. The first kappa shape index (κ1) is 12.0. The highest BCUT2D eigenvalue weighted by Crippen LogP contribution is 2.42. The molecule has 102 valence electrons. The van der Waals surface area contributed by atoms with Gasteiger partial charge in [0, 0.05) is 6.07 Å². The predicted molar refractivity (Wildman–Crippen MR) is 68.3 cm³/mol. The van der Waals surface area contributed by atoms with E-state index in [4.69, 9.17) is 4.42 Å². The van der Waals surface area contributed by atoms with E-state index in [-0.39, 0.29) is 21.9 Å². The molecule has 0 aliphatic carbocycles. The van der Waals surface area contributed by atoms with Crippen LogP contribution < -0.4 is 5.43 Å². The number of hydrogen-bond acceptors (Lipinski definition) is 7. The van der Waals surface area contributed by atoms with Crippen LogP contribution in [0.3, 0.4) is 0 Å². The van der Waals surface area contributed by atoms with Crippen LogP contribution in [0.2, 0.25) is 0 Å². The third-order valence-electron chi connectivity index (χ3n) is 3.01. The van der Waals surface area contributed by atoms with Crippen molar-refractivity contribution in [2.75, 3.05) is 0 Å². The molecule has 1 heterocycles. The fourth-order valence-corrected chi connectivity index (χ4v) is 2.01. The van der Waals surface area contributed by atoms with Gasteiger partial charge >= 0.3 is 0 Å². The van der Waals surface area contributed by atoms with Crippen molar-refractivity contribution in [3.63, 3.8) is 0 Å². The Morgan fingerprint density at radius 1 is 0.850 bits per heavy atom. The molecule has 0 unspecified atom stereocenters. The van der Waals surface area contributed by atoms with Gasteiger partial charge < -0.3 is 29.9 Å². The lowest BCUT2D eigenvalue weighted by Crippen LogP contribution is -2.02. The lowest BCUT2D eigenvalue weighted by molar-refractivity contribution is 0.370. The molecular formula is C13H8O7. The van der Waals surface area contributed by atoms with Crippen molar-refractivity contribution >= 4 is 21.9 Å². The van der Waals surface area contributed by atoms with Crippen LogP contribution in [-0.2, 0) is 0 Å². The van der Waals surface area contributed by atoms with E-state index >= 15 is 0 Å².